The Bertz CT molecular complexity index is 182. The Hall–Kier alpha value is 1.08. The zero-order chi connectivity index (χ0) is 9.83. The second-order valence-electron chi connectivity index (χ2n) is 2.45. The monoisotopic (exact) mass is 254 g/mol. The van der Waals surface area contributed by atoms with Gasteiger partial charge in [0.05, 0.1) is 0 Å². The highest BCUT2D eigenvalue weighted by atomic mass is 36.0. The van der Waals surface area contributed by atoms with Gasteiger partial charge in [0.1, 0.15) is 0 Å². The molecule has 3 nitrogen and oxygen atoms in total. The van der Waals surface area contributed by atoms with Crippen molar-refractivity contribution in [1.82, 2.24) is 0 Å². The van der Waals surface area contributed by atoms with Crippen molar-refractivity contribution in [3.8, 4) is 0 Å². The van der Waals surface area contributed by atoms with Gasteiger partial charge >= 0.3 is 6.80 Å². The summed E-state index contributed by atoms with van der Waals surface area (Å²) in [6.07, 6.45) is 2.54. The molecule has 76 valence electrons. The number of hydrogen-bond acceptors (Lipinski definition) is 1. The zero-order valence-electron chi connectivity index (χ0n) is 6.74. The van der Waals surface area contributed by atoms with E-state index in [4.69, 9.17) is 31.2 Å². The van der Waals surface area contributed by atoms with Gasteiger partial charge in [-0.25, -0.2) is 4.57 Å². The van der Waals surface area contributed by atoms with Crippen LogP contribution < -0.4 is 0 Å². The van der Waals surface area contributed by atoms with Crippen LogP contribution in [-0.2, 0) is 4.57 Å². The Morgan fingerprint density at radius 2 is 1.83 bits per heavy atom. The topological polar surface area (TPSA) is 57.5 Å². The largest absolute Gasteiger partial charge is 0.392 e. The summed E-state index contributed by atoms with van der Waals surface area (Å²) in [4.78, 5) is 17.5. The van der Waals surface area contributed by atoms with Gasteiger partial charge in [-0.1, -0.05) is 19.8 Å². The predicted octanol–water partition coefficient (Wildman–Crippen LogP) is 3.38. The summed E-state index contributed by atoms with van der Waals surface area (Å²) in [5, 5.41) is 0. The lowest BCUT2D eigenvalue weighted by molar-refractivity contribution is 0.396. The SMILES string of the molecule is CCCCCS(Cl)(Cl)P(=O)(O)O. The van der Waals surface area contributed by atoms with Gasteiger partial charge in [0.15, 0.2) is 0 Å². The minimum absolute atomic E-state index is 0.216. The first-order valence-electron chi connectivity index (χ1n) is 3.57. The van der Waals surface area contributed by atoms with Crippen LogP contribution in [0, 0.1) is 0 Å². The molecule has 0 fully saturated rings. The molecule has 0 saturated heterocycles. The number of rotatable bonds is 5. The van der Waals surface area contributed by atoms with Gasteiger partial charge in [-0.2, -0.15) is 0 Å². The molecular formula is C5H13Cl2O3PS. The fourth-order valence-corrected chi connectivity index (χ4v) is 3.19. The lowest BCUT2D eigenvalue weighted by Gasteiger charge is -2.24. The van der Waals surface area contributed by atoms with Crippen LogP contribution in [-0.4, -0.2) is 15.5 Å². The minimum atomic E-state index is -4.29. The summed E-state index contributed by atoms with van der Waals surface area (Å²) in [7, 11) is 8.31. The van der Waals surface area contributed by atoms with Crippen molar-refractivity contribution >= 4 is 36.2 Å². The highest BCUT2D eigenvalue weighted by Crippen LogP contribution is 2.83. The third-order valence-electron chi connectivity index (χ3n) is 1.34. The number of unbranched alkanes of at least 4 members (excludes halogenated alkanes) is 2. The average Bonchev–Trinajstić information content (AvgIpc) is 1.85. The lowest BCUT2D eigenvalue weighted by atomic mass is 10.3. The van der Waals surface area contributed by atoms with Gasteiger partial charge in [-0.15, -0.1) is 0 Å². The summed E-state index contributed by atoms with van der Waals surface area (Å²) >= 11 is 0. The molecule has 0 amide bonds. The van der Waals surface area contributed by atoms with Gasteiger partial charge in [-0.3, -0.25) is 0 Å². The Morgan fingerprint density at radius 1 is 1.33 bits per heavy atom. The molecule has 0 unspecified atom stereocenters. The normalized spacial score (nSPS) is 14.8. The highest BCUT2D eigenvalue weighted by Gasteiger charge is 2.37. The molecule has 0 spiro atoms. The standard InChI is InChI=1S/C5H13Cl2O3PS/c1-2-3-4-5-12(6,7)11(8,9)10/h2-5H2,1H3,(H2,8,9,10). The van der Waals surface area contributed by atoms with E-state index in [2.05, 4.69) is 0 Å². The predicted molar refractivity (Wildman–Crippen MR) is 55.7 cm³/mol. The van der Waals surface area contributed by atoms with E-state index in [0.29, 0.717) is 6.42 Å². The number of halogens is 2. The molecule has 0 heterocycles. The molecule has 12 heavy (non-hydrogen) atoms. The van der Waals surface area contributed by atoms with Gasteiger partial charge in [0, 0.05) is 13.8 Å². The van der Waals surface area contributed by atoms with E-state index in [9.17, 15) is 4.57 Å². The van der Waals surface area contributed by atoms with Crippen molar-refractivity contribution in [2.24, 2.45) is 0 Å². The van der Waals surface area contributed by atoms with Crippen LogP contribution in [0.4, 0.5) is 0 Å². The van der Waals surface area contributed by atoms with E-state index in [1.807, 2.05) is 6.92 Å². The molecule has 0 aromatic heterocycles. The van der Waals surface area contributed by atoms with Crippen molar-refractivity contribution in [1.29, 1.82) is 0 Å². The summed E-state index contributed by atoms with van der Waals surface area (Å²) in [6, 6.07) is 0. The molecular weight excluding hydrogens is 242 g/mol. The van der Waals surface area contributed by atoms with Gasteiger partial charge in [0.2, 0.25) is 0 Å². The molecule has 0 saturated carbocycles. The summed E-state index contributed by atoms with van der Waals surface area (Å²) < 4.78 is 10.7. The van der Waals surface area contributed by atoms with Crippen LogP contribution >= 0.6 is 36.2 Å². The summed E-state index contributed by atoms with van der Waals surface area (Å²) in [6.45, 7) is -2.30. The summed E-state index contributed by atoms with van der Waals surface area (Å²) in [5.74, 6) is 0.216. The van der Waals surface area contributed by atoms with Crippen LogP contribution in [0.5, 0.6) is 0 Å². The van der Waals surface area contributed by atoms with Crippen LogP contribution in [0.2, 0.25) is 0 Å². The first kappa shape index (κ1) is 13.1. The van der Waals surface area contributed by atoms with E-state index < -0.39 is 14.9 Å². The Labute approximate surface area is 82.7 Å². The number of hydrogen-bond donors (Lipinski definition) is 2. The average molecular weight is 255 g/mol. The Morgan fingerprint density at radius 3 is 2.17 bits per heavy atom. The van der Waals surface area contributed by atoms with Crippen molar-refractivity contribution in [2.45, 2.75) is 26.2 Å². The summed E-state index contributed by atoms with van der Waals surface area (Å²) in [5.41, 5.74) is 0. The first-order valence-corrected chi connectivity index (χ1v) is 9.24. The van der Waals surface area contributed by atoms with E-state index in [-0.39, 0.29) is 5.75 Å². The lowest BCUT2D eigenvalue weighted by Crippen LogP contribution is -1.92. The molecule has 0 aromatic carbocycles. The van der Waals surface area contributed by atoms with Crippen LogP contribution in [0.1, 0.15) is 26.2 Å². The molecule has 7 heteroatoms. The highest BCUT2D eigenvalue weighted by molar-refractivity contribution is 8.97. The molecule has 0 aromatic rings. The van der Waals surface area contributed by atoms with Crippen molar-refractivity contribution in [3.05, 3.63) is 0 Å². The van der Waals surface area contributed by atoms with E-state index in [1.165, 1.54) is 0 Å². The van der Waals surface area contributed by atoms with Crippen molar-refractivity contribution in [2.75, 3.05) is 5.75 Å². The quantitative estimate of drug-likeness (QED) is 0.584. The Kier molecular flexibility index (Phi) is 5.54. The maximum atomic E-state index is 10.7. The zero-order valence-corrected chi connectivity index (χ0v) is 9.97. The molecule has 0 atom stereocenters. The van der Waals surface area contributed by atoms with Crippen LogP contribution in [0.15, 0.2) is 0 Å². The van der Waals surface area contributed by atoms with Crippen molar-refractivity contribution in [3.63, 3.8) is 0 Å². The fraction of sp³-hybridized carbons (Fsp3) is 1.00. The van der Waals surface area contributed by atoms with Crippen molar-refractivity contribution < 1.29 is 14.4 Å². The van der Waals surface area contributed by atoms with Gasteiger partial charge < -0.3 is 9.79 Å². The second-order valence-corrected chi connectivity index (χ2v) is 13.1. The van der Waals surface area contributed by atoms with Crippen LogP contribution in [0.3, 0.4) is 0 Å². The van der Waals surface area contributed by atoms with E-state index in [0.717, 1.165) is 12.8 Å². The smallest absolute Gasteiger partial charge is 0.316 e. The first-order chi connectivity index (χ1) is 5.31. The van der Waals surface area contributed by atoms with E-state index in [1.54, 1.807) is 0 Å². The molecule has 0 bridgehead atoms. The second kappa shape index (κ2) is 5.08. The maximum Gasteiger partial charge on any atom is 0.392 e. The molecule has 0 radical (unpaired) electrons. The maximum absolute atomic E-state index is 10.7. The van der Waals surface area contributed by atoms with Gasteiger partial charge in [-0.05, 0) is 27.8 Å². The molecule has 2 N–H and O–H groups in total. The molecule has 0 rings (SSSR count). The third kappa shape index (κ3) is 4.35. The third-order valence-corrected chi connectivity index (χ3v) is 9.61. The molecule has 0 aliphatic rings. The minimum Gasteiger partial charge on any atom is -0.316 e. The van der Waals surface area contributed by atoms with Crippen LogP contribution in [0.25, 0.3) is 0 Å². The Balaban J connectivity index is 3.97. The van der Waals surface area contributed by atoms with Gasteiger partial charge in [0.25, 0.3) is 0 Å². The molecule has 0 aliphatic carbocycles. The fourth-order valence-electron chi connectivity index (χ4n) is 0.645. The van der Waals surface area contributed by atoms with E-state index >= 15 is 0 Å². The molecule has 0 aliphatic heterocycles.